The van der Waals surface area contributed by atoms with E-state index in [0.29, 0.717) is 11.7 Å². The van der Waals surface area contributed by atoms with Crippen LogP contribution in [0.25, 0.3) is 0 Å². The summed E-state index contributed by atoms with van der Waals surface area (Å²) in [6.45, 7) is 1.72. The molecular formula is C13H20N2O3. The minimum atomic E-state index is -0.135. The van der Waals surface area contributed by atoms with Crippen molar-refractivity contribution in [2.24, 2.45) is 5.92 Å². The third-order valence-electron chi connectivity index (χ3n) is 3.45. The molecule has 5 heteroatoms. The first kappa shape index (κ1) is 13.1. The van der Waals surface area contributed by atoms with Crippen LogP contribution < -0.4 is 4.90 Å². The molecule has 1 saturated heterocycles. The highest BCUT2D eigenvalue weighted by molar-refractivity contribution is 5.51. The summed E-state index contributed by atoms with van der Waals surface area (Å²) >= 11 is 0. The van der Waals surface area contributed by atoms with Crippen LogP contribution in [0.2, 0.25) is 0 Å². The van der Waals surface area contributed by atoms with Gasteiger partial charge in [0.1, 0.15) is 0 Å². The molecule has 1 aliphatic heterocycles. The summed E-state index contributed by atoms with van der Waals surface area (Å²) in [5.41, 5.74) is 0. The van der Waals surface area contributed by atoms with Crippen LogP contribution in [0.4, 0.5) is 5.82 Å². The fourth-order valence-corrected chi connectivity index (χ4v) is 2.50. The van der Waals surface area contributed by atoms with Gasteiger partial charge in [0.15, 0.2) is 17.9 Å². The minimum Gasteiger partial charge on any atom is -0.504 e. The van der Waals surface area contributed by atoms with Crippen molar-refractivity contribution in [3.05, 3.63) is 18.3 Å². The summed E-state index contributed by atoms with van der Waals surface area (Å²) in [7, 11) is 3.34. The second-order valence-corrected chi connectivity index (χ2v) is 4.51. The molecule has 1 fully saturated rings. The van der Waals surface area contributed by atoms with E-state index in [0.717, 1.165) is 25.9 Å². The van der Waals surface area contributed by atoms with Gasteiger partial charge < -0.3 is 19.5 Å². The zero-order chi connectivity index (χ0) is 13.0. The number of anilines is 1. The van der Waals surface area contributed by atoms with E-state index >= 15 is 0 Å². The summed E-state index contributed by atoms with van der Waals surface area (Å²) in [5, 5.41) is 9.78. The van der Waals surface area contributed by atoms with Crippen LogP contribution in [-0.4, -0.2) is 43.7 Å². The van der Waals surface area contributed by atoms with E-state index in [1.165, 1.54) is 0 Å². The highest BCUT2D eigenvalue weighted by Crippen LogP contribution is 2.29. The van der Waals surface area contributed by atoms with Gasteiger partial charge in [0, 0.05) is 39.4 Å². The van der Waals surface area contributed by atoms with Crippen LogP contribution in [0.5, 0.6) is 5.75 Å². The summed E-state index contributed by atoms with van der Waals surface area (Å²) in [5.74, 6) is 1.32. The molecule has 0 amide bonds. The van der Waals surface area contributed by atoms with Gasteiger partial charge in [0.05, 0.1) is 0 Å². The standard InChI is InChI=1S/C13H20N2O3/c1-17-13(18-2)10-5-8-15(9-6-10)12-11(16)4-3-7-14-12/h3-4,7,10,13,16H,5-6,8-9H2,1-2H3. The molecule has 0 aliphatic carbocycles. The SMILES string of the molecule is COC(OC)C1CCN(c2ncccc2O)CC1. The molecule has 0 atom stereocenters. The predicted octanol–water partition coefficient (Wildman–Crippen LogP) is 1.62. The van der Waals surface area contributed by atoms with Crippen molar-refractivity contribution in [2.45, 2.75) is 19.1 Å². The quantitative estimate of drug-likeness (QED) is 0.825. The fraction of sp³-hybridized carbons (Fsp3) is 0.615. The average molecular weight is 252 g/mol. The molecule has 0 unspecified atom stereocenters. The molecule has 5 nitrogen and oxygen atoms in total. The number of ether oxygens (including phenoxy) is 2. The Balaban J connectivity index is 1.96. The van der Waals surface area contributed by atoms with Gasteiger partial charge in [-0.3, -0.25) is 0 Å². The van der Waals surface area contributed by atoms with E-state index in [1.54, 1.807) is 32.5 Å². The molecule has 0 bridgehead atoms. The summed E-state index contributed by atoms with van der Waals surface area (Å²) in [4.78, 5) is 6.33. The summed E-state index contributed by atoms with van der Waals surface area (Å²) in [6, 6.07) is 3.40. The number of methoxy groups -OCH3 is 2. The Morgan fingerprint density at radius 2 is 2.00 bits per heavy atom. The first-order chi connectivity index (χ1) is 8.76. The van der Waals surface area contributed by atoms with E-state index in [4.69, 9.17) is 9.47 Å². The lowest BCUT2D eigenvalue weighted by atomic mass is 9.96. The predicted molar refractivity (Wildman–Crippen MR) is 68.6 cm³/mol. The number of aromatic hydroxyl groups is 1. The van der Waals surface area contributed by atoms with Gasteiger partial charge in [-0.15, -0.1) is 0 Å². The second-order valence-electron chi connectivity index (χ2n) is 4.51. The molecule has 100 valence electrons. The molecule has 2 rings (SSSR count). The zero-order valence-corrected chi connectivity index (χ0v) is 10.9. The van der Waals surface area contributed by atoms with Gasteiger partial charge in [0.2, 0.25) is 0 Å². The topological polar surface area (TPSA) is 54.8 Å². The molecule has 0 spiro atoms. The van der Waals surface area contributed by atoms with E-state index < -0.39 is 0 Å². The first-order valence-electron chi connectivity index (χ1n) is 6.20. The van der Waals surface area contributed by atoms with Crippen molar-refractivity contribution in [1.82, 2.24) is 4.98 Å². The van der Waals surface area contributed by atoms with Crippen LogP contribution in [0.15, 0.2) is 18.3 Å². The first-order valence-corrected chi connectivity index (χ1v) is 6.20. The lowest BCUT2D eigenvalue weighted by Gasteiger charge is -2.35. The van der Waals surface area contributed by atoms with Crippen molar-refractivity contribution in [3.8, 4) is 5.75 Å². The highest BCUT2D eigenvalue weighted by atomic mass is 16.7. The van der Waals surface area contributed by atoms with E-state index in [1.807, 2.05) is 0 Å². The molecular weight excluding hydrogens is 232 g/mol. The van der Waals surface area contributed by atoms with E-state index in [2.05, 4.69) is 9.88 Å². The van der Waals surface area contributed by atoms with Gasteiger partial charge in [-0.25, -0.2) is 4.98 Å². The lowest BCUT2D eigenvalue weighted by Crippen LogP contribution is -2.39. The zero-order valence-electron chi connectivity index (χ0n) is 10.9. The molecule has 0 radical (unpaired) electrons. The molecule has 2 heterocycles. The molecule has 1 aromatic heterocycles. The normalized spacial score (nSPS) is 17.4. The number of piperidine rings is 1. The van der Waals surface area contributed by atoms with Gasteiger partial charge in [-0.2, -0.15) is 0 Å². The number of aromatic nitrogens is 1. The maximum Gasteiger partial charge on any atom is 0.171 e. The minimum absolute atomic E-state index is 0.135. The molecule has 0 aromatic carbocycles. The van der Waals surface area contributed by atoms with Gasteiger partial charge in [-0.1, -0.05) is 0 Å². The molecule has 1 aromatic rings. The Hall–Kier alpha value is -1.33. The fourth-order valence-electron chi connectivity index (χ4n) is 2.50. The monoisotopic (exact) mass is 252 g/mol. The number of pyridine rings is 1. The van der Waals surface area contributed by atoms with Crippen molar-refractivity contribution < 1.29 is 14.6 Å². The van der Waals surface area contributed by atoms with E-state index in [-0.39, 0.29) is 12.0 Å². The number of rotatable bonds is 4. The molecule has 0 saturated carbocycles. The van der Waals surface area contributed by atoms with E-state index in [9.17, 15) is 5.11 Å². The van der Waals surface area contributed by atoms with Crippen LogP contribution >= 0.6 is 0 Å². The number of hydrogen-bond donors (Lipinski definition) is 1. The van der Waals surface area contributed by atoms with Crippen LogP contribution in [0.1, 0.15) is 12.8 Å². The third-order valence-corrected chi connectivity index (χ3v) is 3.45. The van der Waals surface area contributed by atoms with Crippen LogP contribution in [0, 0.1) is 5.92 Å². The van der Waals surface area contributed by atoms with Crippen molar-refractivity contribution in [3.63, 3.8) is 0 Å². The van der Waals surface area contributed by atoms with Gasteiger partial charge >= 0.3 is 0 Å². The molecule has 1 N–H and O–H groups in total. The maximum absolute atomic E-state index is 9.78. The van der Waals surface area contributed by atoms with Crippen molar-refractivity contribution in [1.29, 1.82) is 0 Å². The lowest BCUT2D eigenvalue weighted by molar-refractivity contribution is -0.141. The van der Waals surface area contributed by atoms with Crippen LogP contribution in [-0.2, 0) is 9.47 Å². The Morgan fingerprint density at radius 1 is 1.33 bits per heavy atom. The third kappa shape index (κ3) is 2.73. The largest absolute Gasteiger partial charge is 0.504 e. The van der Waals surface area contributed by atoms with Crippen LogP contribution in [0.3, 0.4) is 0 Å². The van der Waals surface area contributed by atoms with Gasteiger partial charge in [-0.05, 0) is 25.0 Å². The van der Waals surface area contributed by atoms with Crippen molar-refractivity contribution in [2.75, 3.05) is 32.2 Å². The maximum atomic E-state index is 9.78. The number of hydrogen-bond acceptors (Lipinski definition) is 5. The Kier molecular flexibility index (Phi) is 4.38. The Bertz CT molecular complexity index is 374. The molecule has 1 aliphatic rings. The Labute approximate surface area is 107 Å². The van der Waals surface area contributed by atoms with Crippen molar-refractivity contribution >= 4 is 5.82 Å². The van der Waals surface area contributed by atoms with Gasteiger partial charge in [0.25, 0.3) is 0 Å². The highest BCUT2D eigenvalue weighted by Gasteiger charge is 2.27. The summed E-state index contributed by atoms with van der Waals surface area (Å²) in [6.07, 6.45) is 3.52. The summed E-state index contributed by atoms with van der Waals surface area (Å²) < 4.78 is 10.6. The smallest absolute Gasteiger partial charge is 0.171 e. The second kappa shape index (κ2) is 6.02. The average Bonchev–Trinajstić information content (AvgIpc) is 2.42. The number of nitrogens with zero attached hydrogens (tertiary/aromatic N) is 2. The Morgan fingerprint density at radius 3 is 2.56 bits per heavy atom. The molecule has 18 heavy (non-hydrogen) atoms.